The minimum absolute atomic E-state index is 0.0875. The summed E-state index contributed by atoms with van der Waals surface area (Å²) in [5, 5.41) is 0. The van der Waals surface area contributed by atoms with Gasteiger partial charge < -0.3 is 9.64 Å². The molecule has 0 radical (unpaired) electrons. The molecule has 0 saturated carbocycles. The van der Waals surface area contributed by atoms with E-state index in [1.54, 1.807) is 25.5 Å². The first-order valence-corrected chi connectivity index (χ1v) is 3.91. The highest BCUT2D eigenvalue weighted by molar-refractivity contribution is 5.93. The summed E-state index contributed by atoms with van der Waals surface area (Å²) < 4.78 is 4.73. The third-order valence-electron chi connectivity index (χ3n) is 1.68. The Kier molecular flexibility index (Phi) is 3.40. The summed E-state index contributed by atoms with van der Waals surface area (Å²) in [4.78, 5) is 16.7. The average Bonchev–Trinajstić information content (AvgIpc) is 2.18. The number of ether oxygens (including phenoxy) is 1. The van der Waals surface area contributed by atoms with Crippen molar-refractivity contribution in [2.24, 2.45) is 0 Å². The molecule has 0 aliphatic carbocycles. The number of aromatic nitrogens is 1. The van der Waals surface area contributed by atoms with Gasteiger partial charge in [-0.25, -0.2) is 0 Å². The molecule has 0 aliphatic rings. The predicted molar refractivity (Wildman–Crippen MR) is 49.5 cm³/mol. The largest absolute Gasteiger partial charge is 0.375 e. The Morgan fingerprint density at radius 2 is 2.46 bits per heavy atom. The van der Waals surface area contributed by atoms with E-state index in [1.165, 1.54) is 12.0 Å². The molecule has 0 saturated heterocycles. The van der Waals surface area contributed by atoms with E-state index in [0.717, 1.165) is 5.69 Å². The van der Waals surface area contributed by atoms with Crippen molar-refractivity contribution in [1.82, 2.24) is 4.98 Å². The maximum Gasteiger partial charge on any atom is 0.252 e. The van der Waals surface area contributed by atoms with E-state index >= 15 is 0 Å². The monoisotopic (exact) mass is 180 g/mol. The topological polar surface area (TPSA) is 42.4 Å². The van der Waals surface area contributed by atoms with Gasteiger partial charge in [-0.15, -0.1) is 0 Å². The van der Waals surface area contributed by atoms with Crippen LogP contribution in [0.3, 0.4) is 0 Å². The lowest BCUT2D eigenvalue weighted by molar-refractivity contribution is -0.121. The van der Waals surface area contributed by atoms with Crippen LogP contribution in [0.2, 0.25) is 0 Å². The van der Waals surface area contributed by atoms with Crippen molar-refractivity contribution in [3.05, 3.63) is 24.5 Å². The first kappa shape index (κ1) is 9.67. The van der Waals surface area contributed by atoms with Crippen LogP contribution in [0.25, 0.3) is 0 Å². The zero-order chi connectivity index (χ0) is 9.68. The predicted octanol–water partition coefficient (Wildman–Crippen LogP) is 0.691. The van der Waals surface area contributed by atoms with E-state index in [0.29, 0.717) is 0 Å². The van der Waals surface area contributed by atoms with Gasteiger partial charge in [-0.1, -0.05) is 0 Å². The minimum atomic E-state index is -0.0875. The number of amides is 1. The maximum atomic E-state index is 11.3. The van der Waals surface area contributed by atoms with Crippen molar-refractivity contribution in [2.45, 2.75) is 0 Å². The fourth-order valence-corrected chi connectivity index (χ4v) is 0.916. The Labute approximate surface area is 77.1 Å². The van der Waals surface area contributed by atoms with Crippen LogP contribution < -0.4 is 4.90 Å². The van der Waals surface area contributed by atoms with Crippen molar-refractivity contribution in [3.8, 4) is 0 Å². The SMILES string of the molecule is COCC(=O)N(C)c1cccnc1. The van der Waals surface area contributed by atoms with Crippen LogP contribution in [-0.4, -0.2) is 31.7 Å². The van der Waals surface area contributed by atoms with E-state index in [1.807, 2.05) is 6.07 Å². The molecule has 0 fully saturated rings. The number of likely N-dealkylation sites (N-methyl/N-ethyl adjacent to an activating group) is 1. The normalized spacial score (nSPS) is 9.69. The van der Waals surface area contributed by atoms with E-state index in [9.17, 15) is 4.79 Å². The zero-order valence-corrected chi connectivity index (χ0v) is 7.73. The number of carbonyl (C=O) groups excluding carboxylic acids is 1. The summed E-state index contributed by atoms with van der Waals surface area (Å²) in [6.07, 6.45) is 3.30. The highest BCUT2D eigenvalue weighted by atomic mass is 16.5. The third kappa shape index (κ3) is 2.52. The Morgan fingerprint density at radius 1 is 1.69 bits per heavy atom. The average molecular weight is 180 g/mol. The van der Waals surface area contributed by atoms with Gasteiger partial charge in [0, 0.05) is 20.4 Å². The van der Waals surface area contributed by atoms with Gasteiger partial charge in [0.05, 0.1) is 11.9 Å². The molecule has 0 spiro atoms. The second-order valence-electron chi connectivity index (χ2n) is 2.60. The van der Waals surface area contributed by atoms with Crippen LogP contribution in [0, 0.1) is 0 Å². The second kappa shape index (κ2) is 4.57. The number of carbonyl (C=O) groups is 1. The highest BCUT2D eigenvalue weighted by Crippen LogP contribution is 2.08. The number of nitrogens with zero attached hydrogens (tertiary/aromatic N) is 2. The van der Waals surface area contributed by atoms with E-state index in [2.05, 4.69) is 4.98 Å². The molecule has 1 aromatic rings. The van der Waals surface area contributed by atoms with Crippen LogP contribution in [0.4, 0.5) is 5.69 Å². The van der Waals surface area contributed by atoms with Gasteiger partial charge in [-0.05, 0) is 12.1 Å². The molecule has 1 heterocycles. The van der Waals surface area contributed by atoms with Gasteiger partial charge in [-0.2, -0.15) is 0 Å². The molecule has 1 rings (SSSR count). The standard InChI is InChI=1S/C9H12N2O2/c1-11(9(12)7-13-2)8-4-3-5-10-6-8/h3-6H,7H2,1-2H3. The van der Waals surface area contributed by atoms with E-state index in [4.69, 9.17) is 4.74 Å². The Balaban J connectivity index is 2.68. The summed E-state index contributed by atoms with van der Waals surface area (Å²) in [7, 11) is 3.19. The van der Waals surface area contributed by atoms with Crippen LogP contribution >= 0.6 is 0 Å². The van der Waals surface area contributed by atoms with Crippen molar-refractivity contribution in [3.63, 3.8) is 0 Å². The fourth-order valence-electron chi connectivity index (χ4n) is 0.916. The van der Waals surface area contributed by atoms with Gasteiger partial charge in [0.15, 0.2) is 0 Å². The molecule has 0 N–H and O–H groups in total. The van der Waals surface area contributed by atoms with Gasteiger partial charge in [-0.3, -0.25) is 9.78 Å². The molecule has 13 heavy (non-hydrogen) atoms. The summed E-state index contributed by atoms with van der Waals surface area (Å²) in [5.74, 6) is -0.0875. The quantitative estimate of drug-likeness (QED) is 0.687. The smallest absolute Gasteiger partial charge is 0.252 e. The Morgan fingerprint density at radius 3 is 3.00 bits per heavy atom. The molecule has 0 aliphatic heterocycles. The fraction of sp³-hybridized carbons (Fsp3) is 0.333. The summed E-state index contributed by atoms with van der Waals surface area (Å²) in [6, 6.07) is 3.60. The molecule has 0 aromatic carbocycles. The molecule has 0 unspecified atom stereocenters. The zero-order valence-electron chi connectivity index (χ0n) is 7.73. The lowest BCUT2D eigenvalue weighted by Gasteiger charge is -2.15. The lowest BCUT2D eigenvalue weighted by Crippen LogP contribution is -2.29. The van der Waals surface area contributed by atoms with Gasteiger partial charge in [0.2, 0.25) is 0 Å². The van der Waals surface area contributed by atoms with Crippen LogP contribution in [0.15, 0.2) is 24.5 Å². The molecule has 4 nitrogen and oxygen atoms in total. The molecule has 1 amide bonds. The summed E-state index contributed by atoms with van der Waals surface area (Å²) in [5.41, 5.74) is 0.768. The third-order valence-corrected chi connectivity index (χ3v) is 1.68. The van der Waals surface area contributed by atoms with Gasteiger partial charge >= 0.3 is 0 Å². The molecule has 0 bridgehead atoms. The van der Waals surface area contributed by atoms with Crippen LogP contribution in [0.1, 0.15) is 0 Å². The van der Waals surface area contributed by atoms with Crippen molar-refractivity contribution >= 4 is 11.6 Å². The van der Waals surface area contributed by atoms with E-state index in [-0.39, 0.29) is 12.5 Å². The second-order valence-corrected chi connectivity index (χ2v) is 2.60. The number of hydrogen-bond donors (Lipinski definition) is 0. The first-order valence-electron chi connectivity index (χ1n) is 3.91. The van der Waals surface area contributed by atoms with Crippen molar-refractivity contribution in [1.29, 1.82) is 0 Å². The molecular weight excluding hydrogens is 168 g/mol. The maximum absolute atomic E-state index is 11.3. The number of hydrogen-bond acceptors (Lipinski definition) is 3. The Hall–Kier alpha value is -1.42. The molecule has 0 atom stereocenters. The molecular formula is C9H12N2O2. The minimum Gasteiger partial charge on any atom is -0.375 e. The number of pyridine rings is 1. The number of rotatable bonds is 3. The van der Waals surface area contributed by atoms with Crippen LogP contribution in [0.5, 0.6) is 0 Å². The van der Waals surface area contributed by atoms with Gasteiger partial charge in [0.25, 0.3) is 5.91 Å². The summed E-state index contributed by atoms with van der Waals surface area (Å²) >= 11 is 0. The van der Waals surface area contributed by atoms with Crippen LogP contribution in [-0.2, 0) is 9.53 Å². The first-order chi connectivity index (χ1) is 6.25. The lowest BCUT2D eigenvalue weighted by atomic mass is 10.4. The molecule has 70 valence electrons. The number of anilines is 1. The number of methoxy groups -OCH3 is 1. The highest BCUT2D eigenvalue weighted by Gasteiger charge is 2.09. The Bertz CT molecular complexity index is 274. The molecule has 1 aromatic heterocycles. The molecule has 4 heteroatoms. The van der Waals surface area contributed by atoms with Gasteiger partial charge in [0.1, 0.15) is 6.61 Å². The summed E-state index contributed by atoms with van der Waals surface area (Å²) in [6.45, 7) is 0.0887. The van der Waals surface area contributed by atoms with E-state index < -0.39 is 0 Å². The van der Waals surface area contributed by atoms with Crippen molar-refractivity contribution < 1.29 is 9.53 Å². The van der Waals surface area contributed by atoms with Crippen molar-refractivity contribution in [2.75, 3.05) is 25.7 Å².